The fourth-order valence-electron chi connectivity index (χ4n) is 0.751. The molecule has 0 aromatic carbocycles. The van der Waals surface area contributed by atoms with Crippen LogP contribution in [0.15, 0.2) is 11.6 Å². The Kier molecular flexibility index (Phi) is 2.06. The van der Waals surface area contributed by atoms with E-state index in [1.54, 1.807) is 0 Å². The minimum absolute atomic E-state index is 0.653. The maximum Gasteiger partial charge on any atom is 0.0689 e. The van der Waals surface area contributed by atoms with Crippen LogP contribution in [0, 0.1) is 0 Å². The topological polar surface area (TPSA) is 35.2 Å². The van der Waals surface area contributed by atoms with Crippen molar-refractivity contribution in [1.29, 1.82) is 0 Å². The highest BCUT2D eigenvalue weighted by Gasteiger charge is 1.98. The summed E-state index contributed by atoms with van der Waals surface area (Å²) in [6.45, 7) is 2.26. The molecule has 0 atom stereocenters. The lowest BCUT2D eigenvalue weighted by Gasteiger charge is -2.10. The zero-order valence-electron chi connectivity index (χ0n) is 4.89. The molecule has 0 spiro atoms. The van der Waals surface area contributed by atoms with E-state index in [-0.39, 0.29) is 0 Å². The highest BCUT2D eigenvalue weighted by Crippen LogP contribution is 2.02. The van der Waals surface area contributed by atoms with Gasteiger partial charge in [-0.1, -0.05) is 6.08 Å². The fourth-order valence-corrected chi connectivity index (χ4v) is 0.751. The molecule has 8 heavy (non-hydrogen) atoms. The highest BCUT2D eigenvalue weighted by atomic mass is 16.5. The van der Waals surface area contributed by atoms with Gasteiger partial charge in [-0.25, -0.2) is 0 Å². The second kappa shape index (κ2) is 2.84. The summed E-state index contributed by atoms with van der Waals surface area (Å²) in [6.07, 6.45) is 3.19. The van der Waals surface area contributed by atoms with Crippen molar-refractivity contribution in [3.63, 3.8) is 0 Å². The van der Waals surface area contributed by atoms with E-state index in [1.807, 2.05) is 0 Å². The van der Waals surface area contributed by atoms with Crippen molar-refractivity contribution >= 4 is 0 Å². The Balaban J connectivity index is 2.37. The summed E-state index contributed by atoms with van der Waals surface area (Å²) < 4.78 is 5.12. The lowest BCUT2D eigenvalue weighted by Crippen LogP contribution is -2.13. The third-order valence-corrected chi connectivity index (χ3v) is 1.24. The SMILES string of the molecule is NCC1=CCCOC1. The molecule has 0 bridgehead atoms. The molecule has 46 valence electrons. The van der Waals surface area contributed by atoms with E-state index in [9.17, 15) is 0 Å². The van der Waals surface area contributed by atoms with E-state index in [0.717, 1.165) is 19.6 Å². The van der Waals surface area contributed by atoms with Crippen molar-refractivity contribution in [3.05, 3.63) is 11.6 Å². The number of rotatable bonds is 1. The van der Waals surface area contributed by atoms with Gasteiger partial charge in [0.15, 0.2) is 0 Å². The van der Waals surface area contributed by atoms with Crippen LogP contribution < -0.4 is 5.73 Å². The quantitative estimate of drug-likeness (QED) is 0.496. The van der Waals surface area contributed by atoms with Crippen LogP contribution in [0.1, 0.15) is 6.42 Å². The van der Waals surface area contributed by atoms with Crippen LogP contribution >= 0.6 is 0 Å². The predicted molar refractivity (Wildman–Crippen MR) is 32.6 cm³/mol. The Morgan fingerprint density at radius 3 is 3.00 bits per heavy atom. The summed E-state index contributed by atoms with van der Waals surface area (Å²) in [5.41, 5.74) is 6.59. The van der Waals surface area contributed by atoms with Crippen molar-refractivity contribution in [2.75, 3.05) is 19.8 Å². The maximum atomic E-state index is 5.35. The van der Waals surface area contributed by atoms with Crippen LogP contribution in [0.2, 0.25) is 0 Å². The fraction of sp³-hybridized carbons (Fsp3) is 0.667. The average Bonchev–Trinajstić information content (AvgIpc) is 1.90. The van der Waals surface area contributed by atoms with Crippen LogP contribution in [0.3, 0.4) is 0 Å². The summed E-state index contributed by atoms with van der Waals surface area (Å²) in [6, 6.07) is 0. The van der Waals surface area contributed by atoms with Gasteiger partial charge in [0, 0.05) is 6.54 Å². The number of ether oxygens (including phenoxy) is 1. The average molecular weight is 113 g/mol. The summed E-state index contributed by atoms with van der Waals surface area (Å²) >= 11 is 0. The van der Waals surface area contributed by atoms with Gasteiger partial charge >= 0.3 is 0 Å². The third-order valence-electron chi connectivity index (χ3n) is 1.24. The highest BCUT2D eigenvalue weighted by molar-refractivity contribution is 5.05. The van der Waals surface area contributed by atoms with Crippen LogP contribution in [0.25, 0.3) is 0 Å². The van der Waals surface area contributed by atoms with E-state index >= 15 is 0 Å². The molecule has 0 saturated heterocycles. The van der Waals surface area contributed by atoms with Crippen molar-refractivity contribution in [1.82, 2.24) is 0 Å². The molecule has 1 rings (SSSR count). The van der Waals surface area contributed by atoms with Crippen molar-refractivity contribution in [3.8, 4) is 0 Å². The molecule has 0 aliphatic carbocycles. The van der Waals surface area contributed by atoms with Crippen LogP contribution in [-0.2, 0) is 4.74 Å². The molecular formula is C6H11NO. The van der Waals surface area contributed by atoms with Crippen LogP contribution in [0.5, 0.6) is 0 Å². The molecule has 2 nitrogen and oxygen atoms in total. The van der Waals surface area contributed by atoms with E-state index in [4.69, 9.17) is 10.5 Å². The Morgan fingerprint density at radius 2 is 2.62 bits per heavy atom. The first-order chi connectivity index (χ1) is 3.93. The van der Waals surface area contributed by atoms with E-state index in [0.29, 0.717) is 6.54 Å². The largest absolute Gasteiger partial charge is 0.377 e. The van der Waals surface area contributed by atoms with Gasteiger partial charge in [-0.05, 0) is 12.0 Å². The predicted octanol–water partition coefficient (Wildman–Crippen LogP) is 0.292. The Hall–Kier alpha value is -0.340. The summed E-state index contributed by atoms with van der Waals surface area (Å²) in [5, 5.41) is 0. The molecule has 0 aromatic heterocycles. The first-order valence-electron chi connectivity index (χ1n) is 2.89. The molecule has 2 heteroatoms. The summed E-state index contributed by atoms with van der Waals surface area (Å²) in [7, 11) is 0. The van der Waals surface area contributed by atoms with Crippen molar-refractivity contribution < 1.29 is 4.74 Å². The lowest BCUT2D eigenvalue weighted by molar-refractivity contribution is 0.149. The molecule has 0 radical (unpaired) electrons. The molecule has 1 heterocycles. The Labute approximate surface area is 49.3 Å². The molecule has 0 unspecified atom stereocenters. The molecule has 0 aromatic rings. The van der Waals surface area contributed by atoms with Gasteiger partial charge in [-0.3, -0.25) is 0 Å². The molecular weight excluding hydrogens is 102 g/mol. The minimum atomic E-state index is 0.653. The number of nitrogens with two attached hydrogens (primary N) is 1. The lowest BCUT2D eigenvalue weighted by atomic mass is 10.2. The van der Waals surface area contributed by atoms with Crippen molar-refractivity contribution in [2.45, 2.75) is 6.42 Å². The first kappa shape index (κ1) is 5.79. The summed E-state index contributed by atoms with van der Waals surface area (Å²) in [4.78, 5) is 0. The third kappa shape index (κ3) is 1.32. The first-order valence-corrected chi connectivity index (χ1v) is 2.89. The minimum Gasteiger partial charge on any atom is -0.377 e. The van der Waals surface area contributed by atoms with Gasteiger partial charge in [0.05, 0.1) is 13.2 Å². The second-order valence-corrected chi connectivity index (χ2v) is 1.91. The van der Waals surface area contributed by atoms with Gasteiger partial charge in [-0.15, -0.1) is 0 Å². The monoisotopic (exact) mass is 113 g/mol. The molecule has 0 fully saturated rings. The second-order valence-electron chi connectivity index (χ2n) is 1.91. The molecule has 1 aliphatic heterocycles. The van der Waals surface area contributed by atoms with Gasteiger partial charge < -0.3 is 10.5 Å². The zero-order valence-corrected chi connectivity index (χ0v) is 4.89. The van der Waals surface area contributed by atoms with Gasteiger partial charge in [0.25, 0.3) is 0 Å². The van der Waals surface area contributed by atoms with E-state index in [2.05, 4.69) is 6.08 Å². The zero-order chi connectivity index (χ0) is 5.82. The molecule has 1 aliphatic rings. The Bertz CT molecular complexity index is 98.7. The van der Waals surface area contributed by atoms with E-state index < -0.39 is 0 Å². The molecule has 2 N–H and O–H groups in total. The van der Waals surface area contributed by atoms with E-state index in [1.165, 1.54) is 5.57 Å². The van der Waals surface area contributed by atoms with Gasteiger partial charge in [0.2, 0.25) is 0 Å². The standard InChI is InChI=1S/C6H11NO/c7-4-6-2-1-3-8-5-6/h2H,1,3-5,7H2. The van der Waals surface area contributed by atoms with Gasteiger partial charge in [-0.2, -0.15) is 0 Å². The maximum absolute atomic E-state index is 5.35. The number of hydrogen-bond donors (Lipinski definition) is 1. The smallest absolute Gasteiger partial charge is 0.0689 e. The molecule has 0 amide bonds. The van der Waals surface area contributed by atoms with Crippen LogP contribution in [0.4, 0.5) is 0 Å². The summed E-state index contributed by atoms with van der Waals surface area (Å²) in [5.74, 6) is 0. The number of hydrogen-bond acceptors (Lipinski definition) is 2. The van der Waals surface area contributed by atoms with Crippen molar-refractivity contribution in [2.24, 2.45) is 5.73 Å². The normalized spacial score (nSPS) is 20.4. The molecule has 0 saturated carbocycles. The van der Waals surface area contributed by atoms with Crippen LogP contribution in [-0.4, -0.2) is 19.8 Å². The van der Waals surface area contributed by atoms with Gasteiger partial charge in [0.1, 0.15) is 0 Å². The Morgan fingerprint density at radius 1 is 1.75 bits per heavy atom.